The van der Waals surface area contributed by atoms with Gasteiger partial charge in [-0.15, -0.1) is 0 Å². The number of ether oxygens (including phenoxy) is 2. The summed E-state index contributed by atoms with van der Waals surface area (Å²) in [6.07, 6.45) is 0. The van der Waals surface area contributed by atoms with Gasteiger partial charge in [0.1, 0.15) is 5.75 Å². The number of amides is 2. The number of methoxy groups -OCH3 is 1. The van der Waals surface area contributed by atoms with Gasteiger partial charge in [0, 0.05) is 76.0 Å². The molecule has 5 rings (SSSR count). The first-order valence-electron chi connectivity index (χ1n) is 12.2. The zero-order valence-corrected chi connectivity index (χ0v) is 20.3. The minimum Gasteiger partial charge on any atom is -0.497 e. The van der Waals surface area contributed by atoms with Crippen LogP contribution >= 0.6 is 0 Å². The highest BCUT2D eigenvalue weighted by atomic mass is 16.5. The van der Waals surface area contributed by atoms with Crippen molar-refractivity contribution in [1.82, 2.24) is 9.80 Å². The number of hydrogen-bond acceptors (Lipinski definition) is 6. The van der Waals surface area contributed by atoms with Gasteiger partial charge in [0.25, 0.3) is 0 Å². The molecule has 8 nitrogen and oxygen atoms in total. The fraction of sp³-hybridized carbons (Fsp3) is 0.500. The maximum absolute atomic E-state index is 13.4. The Labute approximate surface area is 202 Å². The second kappa shape index (κ2) is 10.1. The van der Waals surface area contributed by atoms with E-state index in [1.54, 1.807) is 7.11 Å². The molecular weight excluding hydrogens is 430 g/mol. The Hall–Kier alpha value is -2.97. The number of anilines is 3. The van der Waals surface area contributed by atoms with E-state index >= 15 is 0 Å². The predicted octanol–water partition coefficient (Wildman–Crippen LogP) is 2.73. The normalized spacial score (nSPS) is 19.8. The summed E-state index contributed by atoms with van der Waals surface area (Å²) >= 11 is 0. The topological polar surface area (TPSA) is 51.7 Å². The van der Waals surface area contributed by atoms with Crippen LogP contribution in [0.5, 0.6) is 5.75 Å². The molecule has 3 aliphatic rings. The monoisotopic (exact) mass is 465 g/mol. The predicted molar refractivity (Wildman–Crippen MR) is 135 cm³/mol. The van der Waals surface area contributed by atoms with Crippen LogP contribution in [0.3, 0.4) is 0 Å². The van der Waals surface area contributed by atoms with Gasteiger partial charge in [0.15, 0.2) is 0 Å². The maximum Gasteiger partial charge on any atom is 0.324 e. The number of carbonyl (C=O) groups is 1. The van der Waals surface area contributed by atoms with E-state index in [1.807, 2.05) is 15.9 Å². The molecule has 0 unspecified atom stereocenters. The van der Waals surface area contributed by atoms with Gasteiger partial charge in [0.05, 0.1) is 20.3 Å². The average molecular weight is 466 g/mol. The van der Waals surface area contributed by atoms with Crippen molar-refractivity contribution < 1.29 is 14.3 Å². The van der Waals surface area contributed by atoms with Crippen molar-refractivity contribution in [3.05, 3.63) is 48.0 Å². The number of urea groups is 1. The molecule has 3 aliphatic heterocycles. The lowest BCUT2D eigenvalue weighted by molar-refractivity contribution is 0.122. The molecule has 0 saturated carbocycles. The average Bonchev–Trinajstić information content (AvgIpc) is 3.25. The number of piperazine rings is 1. The van der Waals surface area contributed by atoms with Crippen molar-refractivity contribution in [1.29, 1.82) is 0 Å². The van der Waals surface area contributed by atoms with Crippen LogP contribution in [0.1, 0.15) is 5.56 Å². The molecule has 0 aliphatic carbocycles. The van der Waals surface area contributed by atoms with E-state index in [-0.39, 0.29) is 6.03 Å². The summed E-state index contributed by atoms with van der Waals surface area (Å²) < 4.78 is 11.0. The Kier molecular flexibility index (Phi) is 6.78. The first kappa shape index (κ1) is 22.8. The quantitative estimate of drug-likeness (QED) is 0.654. The lowest BCUT2D eigenvalue weighted by Crippen LogP contribution is -2.45. The van der Waals surface area contributed by atoms with E-state index < -0.39 is 0 Å². The summed E-state index contributed by atoms with van der Waals surface area (Å²) in [7, 11) is 3.86. The van der Waals surface area contributed by atoms with E-state index in [9.17, 15) is 4.79 Å². The summed E-state index contributed by atoms with van der Waals surface area (Å²) in [4.78, 5) is 24.3. The fourth-order valence-electron chi connectivity index (χ4n) is 5.01. The molecule has 2 aromatic rings. The Morgan fingerprint density at radius 1 is 0.824 bits per heavy atom. The molecule has 3 heterocycles. The van der Waals surface area contributed by atoms with Crippen LogP contribution in [-0.2, 0) is 11.3 Å². The molecule has 2 amide bonds. The minimum atomic E-state index is 0.0614. The molecule has 3 fully saturated rings. The van der Waals surface area contributed by atoms with Crippen molar-refractivity contribution in [3.8, 4) is 5.75 Å². The van der Waals surface area contributed by atoms with Gasteiger partial charge in [-0.2, -0.15) is 0 Å². The first-order chi connectivity index (χ1) is 16.6. The third-order valence-corrected chi connectivity index (χ3v) is 7.12. The van der Waals surface area contributed by atoms with Gasteiger partial charge in [0.2, 0.25) is 0 Å². The third kappa shape index (κ3) is 4.79. The second-order valence-corrected chi connectivity index (χ2v) is 9.26. The van der Waals surface area contributed by atoms with Gasteiger partial charge in [-0.05, 0) is 55.1 Å². The zero-order chi connectivity index (χ0) is 23.5. The third-order valence-electron chi connectivity index (χ3n) is 7.12. The van der Waals surface area contributed by atoms with E-state index in [0.29, 0.717) is 19.6 Å². The Balaban J connectivity index is 1.29. The smallest absolute Gasteiger partial charge is 0.324 e. The van der Waals surface area contributed by atoms with E-state index in [2.05, 4.69) is 58.1 Å². The summed E-state index contributed by atoms with van der Waals surface area (Å²) in [5.74, 6) is 0.829. The van der Waals surface area contributed by atoms with E-state index in [1.165, 1.54) is 11.4 Å². The highest BCUT2D eigenvalue weighted by Gasteiger charge is 2.31. The van der Waals surface area contributed by atoms with Gasteiger partial charge in [-0.1, -0.05) is 0 Å². The van der Waals surface area contributed by atoms with Crippen molar-refractivity contribution >= 4 is 23.1 Å². The van der Waals surface area contributed by atoms with Gasteiger partial charge < -0.3 is 29.1 Å². The molecule has 0 spiro atoms. The van der Waals surface area contributed by atoms with Gasteiger partial charge in [-0.3, -0.25) is 4.90 Å². The number of benzene rings is 2. The van der Waals surface area contributed by atoms with Crippen LogP contribution in [0.25, 0.3) is 0 Å². The Morgan fingerprint density at radius 2 is 1.53 bits per heavy atom. The van der Waals surface area contributed by atoms with Crippen molar-refractivity contribution in [2.75, 3.05) is 94.4 Å². The van der Waals surface area contributed by atoms with Crippen LogP contribution in [0.4, 0.5) is 21.9 Å². The number of likely N-dealkylation sites (N-methyl/N-ethyl adjacent to an activating group) is 1. The maximum atomic E-state index is 13.4. The molecule has 2 aromatic carbocycles. The number of carbonyl (C=O) groups excluding carboxylic acids is 1. The summed E-state index contributed by atoms with van der Waals surface area (Å²) in [5, 5.41) is 0. The highest BCUT2D eigenvalue weighted by Crippen LogP contribution is 2.30. The number of morpholine rings is 1. The summed E-state index contributed by atoms with van der Waals surface area (Å²) in [6, 6.07) is 14.7. The van der Waals surface area contributed by atoms with Crippen molar-refractivity contribution in [2.45, 2.75) is 6.54 Å². The van der Waals surface area contributed by atoms with E-state index in [4.69, 9.17) is 9.47 Å². The first-order valence-corrected chi connectivity index (χ1v) is 12.2. The zero-order valence-electron chi connectivity index (χ0n) is 20.3. The van der Waals surface area contributed by atoms with Crippen LogP contribution in [0.2, 0.25) is 0 Å². The lowest BCUT2D eigenvalue weighted by atomic mass is 10.1. The molecule has 0 aromatic heterocycles. The number of rotatable bonds is 6. The van der Waals surface area contributed by atoms with Gasteiger partial charge in [-0.25, -0.2) is 4.79 Å². The van der Waals surface area contributed by atoms with Crippen LogP contribution < -0.4 is 19.4 Å². The van der Waals surface area contributed by atoms with Gasteiger partial charge >= 0.3 is 6.03 Å². The summed E-state index contributed by atoms with van der Waals surface area (Å²) in [6.45, 7) is 9.41. The molecule has 8 heteroatoms. The Bertz CT molecular complexity index is 984. The minimum absolute atomic E-state index is 0.0614. The molecule has 0 atom stereocenters. The second-order valence-electron chi connectivity index (χ2n) is 9.26. The van der Waals surface area contributed by atoms with E-state index in [0.717, 1.165) is 69.5 Å². The molecule has 34 heavy (non-hydrogen) atoms. The fourth-order valence-corrected chi connectivity index (χ4v) is 5.01. The molecule has 0 bridgehead atoms. The lowest BCUT2D eigenvalue weighted by Gasteiger charge is -2.35. The van der Waals surface area contributed by atoms with Crippen molar-refractivity contribution in [3.63, 3.8) is 0 Å². The van der Waals surface area contributed by atoms with Crippen molar-refractivity contribution in [2.24, 2.45) is 0 Å². The molecule has 0 radical (unpaired) electrons. The molecule has 3 saturated heterocycles. The molecular formula is C26H35N5O3. The van der Waals surface area contributed by atoms with Crippen LogP contribution in [0.15, 0.2) is 42.5 Å². The molecule has 0 N–H and O–H groups in total. The highest BCUT2D eigenvalue weighted by molar-refractivity contribution is 5.94. The van der Waals surface area contributed by atoms with Crippen LogP contribution in [0, 0.1) is 0 Å². The Morgan fingerprint density at radius 3 is 2.24 bits per heavy atom. The SMILES string of the molecule is COc1ccc(N2CCN(C)CC2)c(CN2CCN(c3ccc(N4CCOCC4)cc3)C2=O)c1. The standard InChI is InChI=1S/C26H35N5O3/c1-27-9-11-29(12-10-27)25-8-7-24(33-2)19-21(25)20-30-13-14-31(26(30)32)23-5-3-22(4-6-23)28-15-17-34-18-16-28/h3-8,19H,9-18,20H2,1-2H3. The summed E-state index contributed by atoms with van der Waals surface area (Å²) in [5.41, 5.74) is 4.48. The van der Waals surface area contributed by atoms with Crippen LogP contribution in [-0.4, -0.2) is 95.6 Å². The molecule has 182 valence electrons. The largest absolute Gasteiger partial charge is 0.497 e. The number of nitrogens with zero attached hydrogens (tertiary/aromatic N) is 5. The number of hydrogen-bond donors (Lipinski definition) is 0.